The smallest absolute Gasteiger partial charge is 0.0747 e. The molecule has 0 rings (SSSR count). The van der Waals surface area contributed by atoms with Crippen molar-refractivity contribution in [2.24, 2.45) is 0 Å². The summed E-state index contributed by atoms with van der Waals surface area (Å²) in [5.74, 6) is 0. The third-order valence-electron chi connectivity index (χ3n) is 0.269. The Morgan fingerprint density at radius 3 is 2.50 bits per heavy atom. The van der Waals surface area contributed by atoms with Crippen LogP contribution in [0.1, 0.15) is 0 Å². The number of aliphatic hydroxyl groups excluding tert-OH is 1. The van der Waals surface area contributed by atoms with Gasteiger partial charge in [-0.15, -0.1) is 0 Å². The van der Waals surface area contributed by atoms with E-state index in [1.54, 1.807) is 0 Å². The van der Waals surface area contributed by atoms with Gasteiger partial charge in [0.15, 0.2) is 0 Å². The van der Waals surface area contributed by atoms with Crippen molar-refractivity contribution >= 4 is 34.2 Å². The van der Waals surface area contributed by atoms with Crippen LogP contribution in [0.15, 0.2) is 9.12 Å². The lowest BCUT2D eigenvalue weighted by Gasteiger charge is -1.80. The molecular formula is C3H4ClIO. The summed E-state index contributed by atoms with van der Waals surface area (Å²) in [7, 11) is 0. The fraction of sp³-hybridized carbons (Fsp3) is 0.333. The normalized spacial score (nSPS) is 12.2. The minimum atomic E-state index is 0.0457. The topological polar surface area (TPSA) is 20.2 Å². The highest BCUT2D eigenvalue weighted by Gasteiger charge is 1.78. The van der Waals surface area contributed by atoms with E-state index in [0.717, 1.165) is 3.58 Å². The van der Waals surface area contributed by atoms with Crippen molar-refractivity contribution in [2.45, 2.75) is 0 Å². The molecule has 6 heavy (non-hydrogen) atoms. The maximum Gasteiger partial charge on any atom is 0.0747 e. The molecule has 0 bridgehead atoms. The minimum absolute atomic E-state index is 0.0457. The third kappa shape index (κ3) is 2.93. The van der Waals surface area contributed by atoms with Crippen molar-refractivity contribution in [1.29, 1.82) is 0 Å². The van der Waals surface area contributed by atoms with Crippen LogP contribution in [-0.4, -0.2) is 11.7 Å². The molecule has 0 radical (unpaired) electrons. The van der Waals surface area contributed by atoms with Crippen molar-refractivity contribution in [2.75, 3.05) is 6.61 Å². The van der Waals surface area contributed by atoms with Crippen LogP contribution in [0.4, 0.5) is 0 Å². The second-order valence-electron chi connectivity index (χ2n) is 0.714. The molecule has 36 valence electrons. The van der Waals surface area contributed by atoms with Gasteiger partial charge < -0.3 is 5.11 Å². The molecule has 0 amide bonds. The highest BCUT2D eigenvalue weighted by molar-refractivity contribution is 14.1. The fourth-order valence-corrected chi connectivity index (χ4v) is 0.104. The van der Waals surface area contributed by atoms with Crippen LogP contribution >= 0.6 is 34.2 Å². The van der Waals surface area contributed by atoms with Crippen LogP contribution in [0.5, 0.6) is 0 Å². The molecule has 0 atom stereocenters. The second-order valence-corrected chi connectivity index (χ2v) is 2.32. The van der Waals surface area contributed by atoms with E-state index in [-0.39, 0.29) is 6.61 Å². The third-order valence-corrected chi connectivity index (χ3v) is 1.55. The van der Waals surface area contributed by atoms with E-state index in [1.807, 2.05) is 22.6 Å². The van der Waals surface area contributed by atoms with Gasteiger partial charge >= 0.3 is 0 Å². The average molecular weight is 218 g/mol. The second kappa shape index (κ2) is 3.89. The summed E-state index contributed by atoms with van der Waals surface area (Å²) in [6.45, 7) is 0.0457. The van der Waals surface area contributed by atoms with Crippen molar-refractivity contribution < 1.29 is 5.11 Å². The van der Waals surface area contributed by atoms with E-state index in [1.165, 1.54) is 5.54 Å². The molecule has 0 heterocycles. The van der Waals surface area contributed by atoms with Gasteiger partial charge in [-0.2, -0.15) is 0 Å². The van der Waals surface area contributed by atoms with Gasteiger partial charge in [0.25, 0.3) is 0 Å². The Morgan fingerprint density at radius 2 is 2.50 bits per heavy atom. The molecule has 0 aromatic heterocycles. The van der Waals surface area contributed by atoms with Crippen molar-refractivity contribution in [3.8, 4) is 0 Å². The number of hydrogen-bond acceptors (Lipinski definition) is 1. The molecule has 3 heteroatoms. The van der Waals surface area contributed by atoms with Gasteiger partial charge in [0.2, 0.25) is 0 Å². The predicted molar refractivity (Wildman–Crippen MR) is 35.0 cm³/mol. The van der Waals surface area contributed by atoms with E-state index in [9.17, 15) is 0 Å². The van der Waals surface area contributed by atoms with Crippen molar-refractivity contribution in [1.82, 2.24) is 0 Å². The monoisotopic (exact) mass is 218 g/mol. The Kier molecular flexibility index (Phi) is 4.36. The molecule has 1 nitrogen and oxygen atoms in total. The van der Waals surface area contributed by atoms with Gasteiger partial charge in [-0.1, -0.05) is 11.6 Å². The molecule has 0 aliphatic carbocycles. The standard InChI is InChI=1S/C3H4ClIO/c4-1-3(5)2-6/h1,6H,2H2/b3-1+. The van der Waals surface area contributed by atoms with Crippen molar-refractivity contribution in [3.63, 3.8) is 0 Å². The zero-order valence-electron chi connectivity index (χ0n) is 2.99. The van der Waals surface area contributed by atoms with Crippen LogP contribution in [0.3, 0.4) is 0 Å². The molecule has 0 aliphatic rings. The summed E-state index contributed by atoms with van der Waals surface area (Å²) in [6, 6.07) is 0. The Morgan fingerprint density at radius 1 is 2.00 bits per heavy atom. The van der Waals surface area contributed by atoms with Gasteiger partial charge in [-0.3, -0.25) is 0 Å². The van der Waals surface area contributed by atoms with E-state index >= 15 is 0 Å². The fourth-order valence-electron chi connectivity index (χ4n) is 0.0345. The highest BCUT2D eigenvalue weighted by Crippen LogP contribution is 2.03. The first kappa shape index (κ1) is 6.72. The highest BCUT2D eigenvalue weighted by atomic mass is 127. The van der Waals surface area contributed by atoms with Crippen LogP contribution in [0.2, 0.25) is 0 Å². The molecule has 0 spiro atoms. The average Bonchev–Trinajstić information content (AvgIpc) is 1.65. The zero-order chi connectivity index (χ0) is 4.99. The minimum Gasteiger partial charge on any atom is -0.391 e. The van der Waals surface area contributed by atoms with Gasteiger partial charge in [0.1, 0.15) is 0 Å². The molecular weight excluding hydrogens is 214 g/mol. The summed E-state index contributed by atoms with van der Waals surface area (Å²) in [5, 5.41) is 8.17. The Balaban J connectivity index is 3.22. The summed E-state index contributed by atoms with van der Waals surface area (Å²) in [5.41, 5.74) is 1.35. The van der Waals surface area contributed by atoms with E-state index in [2.05, 4.69) is 0 Å². The Hall–Kier alpha value is 0.720. The molecule has 0 unspecified atom stereocenters. The molecule has 1 N–H and O–H groups in total. The number of rotatable bonds is 1. The largest absolute Gasteiger partial charge is 0.391 e. The molecule has 0 saturated heterocycles. The summed E-state index contributed by atoms with van der Waals surface area (Å²) in [6.07, 6.45) is 0. The summed E-state index contributed by atoms with van der Waals surface area (Å²) in [4.78, 5) is 0. The van der Waals surface area contributed by atoms with Gasteiger partial charge in [-0.05, 0) is 22.6 Å². The number of aliphatic hydroxyl groups is 1. The van der Waals surface area contributed by atoms with E-state index in [0.29, 0.717) is 0 Å². The first-order valence-corrected chi connectivity index (χ1v) is 2.88. The zero-order valence-corrected chi connectivity index (χ0v) is 5.90. The van der Waals surface area contributed by atoms with E-state index < -0.39 is 0 Å². The lowest BCUT2D eigenvalue weighted by molar-refractivity contribution is 0.341. The lowest BCUT2D eigenvalue weighted by atomic mass is 10.7. The Labute approximate surface area is 55.1 Å². The van der Waals surface area contributed by atoms with Gasteiger partial charge in [-0.25, -0.2) is 0 Å². The van der Waals surface area contributed by atoms with E-state index in [4.69, 9.17) is 16.7 Å². The Bertz CT molecular complexity index is 61.8. The van der Waals surface area contributed by atoms with Gasteiger partial charge in [0, 0.05) is 9.12 Å². The molecule has 0 aliphatic heterocycles. The molecule has 0 fully saturated rings. The van der Waals surface area contributed by atoms with Crippen LogP contribution < -0.4 is 0 Å². The van der Waals surface area contributed by atoms with Crippen LogP contribution in [0.25, 0.3) is 0 Å². The molecule has 0 saturated carbocycles. The maximum atomic E-state index is 8.17. The van der Waals surface area contributed by atoms with Crippen LogP contribution in [-0.2, 0) is 0 Å². The molecule has 0 aromatic rings. The quantitative estimate of drug-likeness (QED) is 0.661. The van der Waals surface area contributed by atoms with Crippen molar-refractivity contribution in [3.05, 3.63) is 9.12 Å². The SMILES string of the molecule is OC/C(I)=C\Cl. The number of halogens is 2. The molecule has 0 aromatic carbocycles. The lowest BCUT2D eigenvalue weighted by Crippen LogP contribution is -1.74. The summed E-state index contributed by atoms with van der Waals surface area (Å²) >= 11 is 7.07. The van der Waals surface area contributed by atoms with Gasteiger partial charge in [0.05, 0.1) is 6.61 Å². The maximum absolute atomic E-state index is 8.17. The first-order valence-electron chi connectivity index (χ1n) is 1.37. The first-order chi connectivity index (χ1) is 2.81. The number of hydrogen-bond donors (Lipinski definition) is 1. The summed E-state index contributed by atoms with van der Waals surface area (Å²) < 4.78 is 0.759. The predicted octanol–water partition coefficient (Wildman–Crippen LogP) is 1.49. The van der Waals surface area contributed by atoms with Crippen LogP contribution in [0, 0.1) is 0 Å².